The van der Waals surface area contributed by atoms with Gasteiger partial charge in [0.1, 0.15) is 11.4 Å². The molecule has 4 N–H and O–H groups in total. The van der Waals surface area contributed by atoms with Gasteiger partial charge in [-0.2, -0.15) is 8.42 Å². The van der Waals surface area contributed by atoms with Crippen LogP contribution >= 0.6 is 0 Å². The molecule has 0 aliphatic carbocycles. The molecule has 0 atom stereocenters. The summed E-state index contributed by atoms with van der Waals surface area (Å²) < 4.78 is 32.5. The predicted octanol–water partition coefficient (Wildman–Crippen LogP) is 0.658. The zero-order valence-corrected chi connectivity index (χ0v) is 13.6. The molecule has 0 bridgehead atoms. The number of aliphatic carboxylic acids is 1. The Kier molecular flexibility index (Phi) is 3.55. The highest BCUT2D eigenvalue weighted by Crippen LogP contribution is 2.37. The van der Waals surface area contributed by atoms with E-state index in [2.05, 4.69) is 0 Å². The van der Waals surface area contributed by atoms with Gasteiger partial charge in [-0.25, -0.2) is 0 Å². The Morgan fingerprint density at radius 2 is 1.72 bits per heavy atom. The van der Waals surface area contributed by atoms with Crippen LogP contribution in [0, 0.1) is 6.92 Å². The number of hydrogen-bond donors (Lipinski definition) is 3. The number of amides is 2. The van der Waals surface area contributed by atoms with Crippen LogP contribution in [0.3, 0.4) is 0 Å². The Morgan fingerprint density at radius 1 is 1.16 bits per heavy atom. The number of carbonyl (C=O) groups excluding carboxylic acids is 2. The first-order valence-corrected chi connectivity index (χ1v) is 8.38. The van der Waals surface area contributed by atoms with Gasteiger partial charge in [-0.15, -0.1) is 0 Å². The summed E-state index contributed by atoms with van der Waals surface area (Å²) in [5.74, 6) is -3.19. The minimum Gasteiger partial charge on any atom is -0.480 e. The van der Waals surface area contributed by atoms with Gasteiger partial charge in [0.2, 0.25) is 0 Å². The lowest BCUT2D eigenvalue weighted by atomic mass is 9.91. The first kappa shape index (κ1) is 16.9. The van der Waals surface area contributed by atoms with Gasteiger partial charge in [-0.05, 0) is 30.7 Å². The van der Waals surface area contributed by atoms with Gasteiger partial charge in [0.15, 0.2) is 0 Å². The van der Waals surface area contributed by atoms with Crippen LogP contribution in [-0.4, -0.2) is 47.3 Å². The first-order valence-electron chi connectivity index (χ1n) is 6.94. The normalized spacial score (nSPS) is 14.2. The lowest BCUT2D eigenvalue weighted by molar-refractivity contribution is -0.137. The van der Waals surface area contributed by atoms with E-state index in [1.165, 1.54) is 12.1 Å². The van der Waals surface area contributed by atoms with E-state index in [0.29, 0.717) is 10.5 Å². The number of aryl methyl sites for hydroxylation is 1. The van der Waals surface area contributed by atoms with Crippen LogP contribution in [0.1, 0.15) is 26.3 Å². The van der Waals surface area contributed by atoms with Crippen molar-refractivity contribution in [1.82, 2.24) is 4.90 Å². The maximum absolute atomic E-state index is 12.5. The van der Waals surface area contributed by atoms with E-state index < -0.39 is 39.3 Å². The molecule has 0 aromatic heterocycles. The summed E-state index contributed by atoms with van der Waals surface area (Å²) in [7, 11) is -4.73. The number of imide groups is 1. The minimum atomic E-state index is -4.73. The molecular formula is C15H12N2O7S. The zero-order valence-electron chi connectivity index (χ0n) is 12.8. The molecule has 0 unspecified atom stereocenters. The van der Waals surface area contributed by atoms with Crippen LogP contribution in [0.25, 0.3) is 10.8 Å². The number of rotatable bonds is 3. The number of carboxylic acid groups (broad SMARTS) is 1. The van der Waals surface area contributed by atoms with Crippen LogP contribution in [0.4, 0.5) is 5.69 Å². The molecule has 1 aliphatic heterocycles. The van der Waals surface area contributed by atoms with Crippen molar-refractivity contribution >= 4 is 44.4 Å². The van der Waals surface area contributed by atoms with E-state index in [4.69, 9.17) is 10.8 Å². The number of carboxylic acids is 1. The minimum absolute atomic E-state index is 0.0411. The van der Waals surface area contributed by atoms with Crippen molar-refractivity contribution in [1.29, 1.82) is 0 Å². The van der Waals surface area contributed by atoms with Crippen LogP contribution < -0.4 is 5.73 Å². The lowest BCUT2D eigenvalue weighted by Gasteiger charge is -2.27. The molecule has 10 heteroatoms. The molecule has 2 aromatic carbocycles. The molecule has 3 rings (SSSR count). The van der Waals surface area contributed by atoms with Gasteiger partial charge in [-0.3, -0.25) is 23.8 Å². The van der Waals surface area contributed by atoms with E-state index in [1.54, 1.807) is 6.92 Å². The van der Waals surface area contributed by atoms with Crippen LogP contribution in [0.5, 0.6) is 0 Å². The average molecular weight is 364 g/mol. The zero-order chi connectivity index (χ0) is 18.7. The molecule has 0 fully saturated rings. The van der Waals surface area contributed by atoms with E-state index in [9.17, 15) is 27.4 Å². The van der Waals surface area contributed by atoms with Gasteiger partial charge >= 0.3 is 5.97 Å². The molecule has 9 nitrogen and oxygen atoms in total. The van der Waals surface area contributed by atoms with Gasteiger partial charge < -0.3 is 10.8 Å². The second-order valence-electron chi connectivity index (χ2n) is 5.64. The second-order valence-corrected chi connectivity index (χ2v) is 7.03. The number of hydrogen-bond acceptors (Lipinski definition) is 6. The predicted molar refractivity (Wildman–Crippen MR) is 85.9 cm³/mol. The maximum Gasteiger partial charge on any atom is 0.323 e. The molecule has 2 amide bonds. The lowest BCUT2D eigenvalue weighted by Crippen LogP contribution is -2.43. The quantitative estimate of drug-likeness (QED) is 0.407. The smallest absolute Gasteiger partial charge is 0.323 e. The molecule has 0 saturated carbocycles. The summed E-state index contributed by atoms with van der Waals surface area (Å²) in [5.41, 5.74) is 5.91. The summed E-state index contributed by atoms with van der Waals surface area (Å²) in [6, 6.07) is 3.80. The standard InChI is InChI=1S/C15H12N2O7S/c1-6-2-7-12-8(3-6)14(20)17(5-11(18)19)15(21)9(12)4-10(13(7)16)25(22,23)24/h2-4H,5,16H2,1H3,(H,18,19)(H,22,23,24). The van der Waals surface area contributed by atoms with Crippen LogP contribution in [0.15, 0.2) is 23.1 Å². The number of nitrogens with zero attached hydrogens (tertiary/aromatic N) is 1. The third kappa shape index (κ3) is 2.51. The summed E-state index contributed by atoms with van der Waals surface area (Å²) in [5, 5.41) is 9.18. The fourth-order valence-corrected chi connectivity index (χ4v) is 3.57. The summed E-state index contributed by atoms with van der Waals surface area (Å²) in [6.07, 6.45) is 0. The fraction of sp³-hybridized carbons (Fsp3) is 0.133. The van der Waals surface area contributed by atoms with E-state index >= 15 is 0 Å². The summed E-state index contributed by atoms with van der Waals surface area (Å²) in [6.45, 7) is 0.749. The van der Waals surface area contributed by atoms with Crippen molar-refractivity contribution in [3.05, 3.63) is 34.9 Å². The molecular weight excluding hydrogens is 352 g/mol. The average Bonchev–Trinajstić information content (AvgIpc) is 2.49. The first-order chi connectivity index (χ1) is 11.5. The molecule has 0 saturated heterocycles. The highest BCUT2D eigenvalue weighted by Gasteiger charge is 2.36. The largest absolute Gasteiger partial charge is 0.480 e. The maximum atomic E-state index is 12.5. The topological polar surface area (TPSA) is 155 Å². The number of anilines is 1. The van der Waals surface area contributed by atoms with Crippen molar-refractivity contribution in [2.24, 2.45) is 0 Å². The SMILES string of the molecule is Cc1cc2c3c(cc(S(=O)(=O)O)c(N)c3c1)C(=O)N(CC(=O)O)C2=O. The molecule has 0 spiro atoms. The van der Waals surface area contributed by atoms with Gasteiger partial charge in [-0.1, -0.05) is 0 Å². The van der Waals surface area contributed by atoms with Crippen molar-refractivity contribution in [3.8, 4) is 0 Å². The summed E-state index contributed by atoms with van der Waals surface area (Å²) >= 11 is 0. The molecule has 25 heavy (non-hydrogen) atoms. The third-order valence-electron chi connectivity index (χ3n) is 3.91. The monoisotopic (exact) mass is 364 g/mol. The van der Waals surface area contributed by atoms with Crippen molar-refractivity contribution in [2.45, 2.75) is 11.8 Å². The highest BCUT2D eigenvalue weighted by atomic mass is 32.2. The van der Waals surface area contributed by atoms with Gasteiger partial charge in [0, 0.05) is 16.3 Å². The van der Waals surface area contributed by atoms with Crippen molar-refractivity contribution < 1.29 is 32.5 Å². The molecule has 2 aromatic rings. The van der Waals surface area contributed by atoms with E-state index in [-0.39, 0.29) is 27.6 Å². The van der Waals surface area contributed by atoms with Crippen LogP contribution in [0.2, 0.25) is 0 Å². The molecule has 0 radical (unpaired) electrons. The summed E-state index contributed by atoms with van der Waals surface area (Å²) in [4.78, 5) is 35.9. The Morgan fingerprint density at radius 3 is 2.24 bits per heavy atom. The van der Waals surface area contributed by atoms with Crippen LogP contribution in [-0.2, 0) is 14.9 Å². The number of carbonyl (C=O) groups is 3. The second kappa shape index (κ2) is 5.26. The van der Waals surface area contributed by atoms with E-state index in [1.807, 2.05) is 0 Å². The number of benzene rings is 2. The van der Waals surface area contributed by atoms with E-state index in [0.717, 1.165) is 6.07 Å². The Balaban J connectivity index is 2.47. The third-order valence-corrected chi connectivity index (χ3v) is 4.80. The van der Waals surface area contributed by atoms with Gasteiger partial charge in [0.05, 0.1) is 11.3 Å². The Labute approximate surface area is 141 Å². The number of nitrogens with two attached hydrogens (primary N) is 1. The van der Waals surface area contributed by atoms with Gasteiger partial charge in [0.25, 0.3) is 21.9 Å². The highest BCUT2D eigenvalue weighted by molar-refractivity contribution is 7.86. The molecule has 130 valence electrons. The van der Waals surface area contributed by atoms with Crippen molar-refractivity contribution in [2.75, 3.05) is 12.3 Å². The Hall–Kier alpha value is -2.98. The molecule has 1 aliphatic rings. The van der Waals surface area contributed by atoms with Crippen molar-refractivity contribution in [3.63, 3.8) is 0 Å². The fourth-order valence-electron chi connectivity index (χ4n) is 2.92. The molecule has 1 heterocycles. The number of nitrogen functional groups attached to an aromatic ring is 1. The Bertz CT molecular complexity index is 1090.